The van der Waals surface area contributed by atoms with Gasteiger partial charge in [-0.2, -0.15) is 5.26 Å². The molecule has 0 bridgehead atoms. The first-order chi connectivity index (χ1) is 7.80. The molecule has 1 aromatic rings. The van der Waals surface area contributed by atoms with E-state index in [2.05, 4.69) is 0 Å². The van der Waals surface area contributed by atoms with E-state index in [4.69, 9.17) is 11.0 Å². The fourth-order valence-corrected chi connectivity index (χ4v) is 2.92. The van der Waals surface area contributed by atoms with Gasteiger partial charge in [0.2, 0.25) is 0 Å². The summed E-state index contributed by atoms with van der Waals surface area (Å²) in [6, 6.07) is 5.86. The molecule has 92 valence electrons. The molecular formula is C12H15FN2OS. The third kappa shape index (κ3) is 5.07. The van der Waals surface area contributed by atoms with Crippen LogP contribution in [0.15, 0.2) is 18.2 Å². The monoisotopic (exact) mass is 254 g/mol. The summed E-state index contributed by atoms with van der Waals surface area (Å²) < 4.78 is 24.9. The van der Waals surface area contributed by atoms with Crippen LogP contribution in [0, 0.1) is 17.1 Å². The van der Waals surface area contributed by atoms with Crippen molar-refractivity contribution in [3.63, 3.8) is 0 Å². The maximum atomic E-state index is 13.1. The standard InChI is InChI=1S/C12H15FN2OS/c1-12(2,15)8-17(16)7-10-3-9(6-14)4-11(13)5-10/h3-5H,7-8,15H2,1-2H3. The van der Waals surface area contributed by atoms with Crippen molar-refractivity contribution in [3.8, 4) is 6.07 Å². The van der Waals surface area contributed by atoms with Gasteiger partial charge < -0.3 is 5.73 Å². The highest BCUT2D eigenvalue weighted by molar-refractivity contribution is 7.84. The van der Waals surface area contributed by atoms with Crippen molar-refractivity contribution in [3.05, 3.63) is 35.1 Å². The van der Waals surface area contributed by atoms with Crippen LogP contribution in [0.5, 0.6) is 0 Å². The minimum Gasteiger partial charge on any atom is -0.325 e. The number of rotatable bonds is 4. The first-order valence-corrected chi connectivity index (χ1v) is 6.62. The van der Waals surface area contributed by atoms with E-state index in [-0.39, 0.29) is 11.3 Å². The van der Waals surface area contributed by atoms with Crippen LogP contribution in [0.25, 0.3) is 0 Å². The summed E-state index contributed by atoms with van der Waals surface area (Å²) in [4.78, 5) is 0. The number of hydrogen-bond donors (Lipinski definition) is 1. The van der Waals surface area contributed by atoms with E-state index in [9.17, 15) is 8.60 Å². The van der Waals surface area contributed by atoms with Crippen molar-refractivity contribution >= 4 is 10.8 Å². The van der Waals surface area contributed by atoms with Gasteiger partial charge in [-0.25, -0.2) is 4.39 Å². The highest BCUT2D eigenvalue weighted by atomic mass is 32.2. The summed E-state index contributed by atoms with van der Waals surface area (Å²) in [5.74, 6) is 0.0708. The molecule has 1 unspecified atom stereocenters. The minimum atomic E-state index is -1.16. The van der Waals surface area contributed by atoms with Crippen LogP contribution in [-0.4, -0.2) is 15.5 Å². The van der Waals surface area contributed by atoms with E-state index in [1.165, 1.54) is 6.07 Å². The van der Waals surface area contributed by atoms with Gasteiger partial charge in [-0.15, -0.1) is 0 Å². The predicted molar refractivity (Wildman–Crippen MR) is 66.1 cm³/mol. The van der Waals surface area contributed by atoms with Crippen molar-refractivity contribution < 1.29 is 8.60 Å². The van der Waals surface area contributed by atoms with E-state index < -0.39 is 22.2 Å². The highest BCUT2D eigenvalue weighted by Crippen LogP contribution is 2.12. The molecule has 0 spiro atoms. The molecule has 0 aliphatic carbocycles. The molecule has 0 aromatic heterocycles. The Hall–Kier alpha value is -1.25. The summed E-state index contributed by atoms with van der Waals surface area (Å²) in [7, 11) is -1.16. The van der Waals surface area contributed by atoms with Gasteiger partial charge in [-0.3, -0.25) is 4.21 Å². The number of hydrogen-bond acceptors (Lipinski definition) is 3. The second-order valence-electron chi connectivity index (χ2n) is 4.68. The Kier molecular flexibility index (Phi) is 4.38. The Morgan fingerprint density at radius 3 is 2.65 bits per heavy atom. The Morgan fingerprint density at radius 2 is 2.12 bits per heavy atom. The third-order valence-corrected chi connectivity index (χ3v) is 3.67. The molecule has 0 amide bonds. The molecule has 0 heterocycles. The second kappa shape index (κ2) is 5.39. The zero-order valence-corrected chi connectivity index (χ0v) is 10.7. The molecule has 0 aliphatic rings. The molecule has 1 rings (SSSR count). The number of halogens is 1. The third-order valence-electron chi connectivity index (χ3n) is 1.95. The van der Waals surface area contributed by atoms with Crippen molar-refractivity contribution in [1.29, 1.82) is 5.26 Å². The maximum Gasteiger partial charge on any atom is 0.124 e. The molecule has 0 radical (unpaired) electrons. The maximum absolute atomic E-state index is 13.1. The lowest BCUT2D eigenvalue weighted by atomic mass is 10.1. The zero-order chi connectivity index (χ0) is 13.1. The Morgan fingerprint density at radius 1 is 1.47 bits per heavy atom. The minimum absolute atomic E-state index is 0.215. The molecule has 1 aromatic carbocycles. The van der Waals surface area contributed by atoms with Gasteiger partial charge in [0, 0.05) is 27.8 Å². The van der Waals surface area contributed by atoms with Crippen molar-refractivity contribution in [2.24, 2.45) is 5.73 Å². The van der Waals surface area contributed by atoms with Gasteiger partial charge in [0.15, 0.2) is 0 Å². The Bertz CT molecular complexity index is 474. The van der Waals surface area contributed by atoms with Crippen LogP contribution in [0.1, 0.15) is 25.0 Å². The topological polar surface area (TPSA) is 66.9 Å². The molecule has 0 saturated heterocycles. The van der Waals surface area contributed by atoms with Gasteiger partial charge >= 0.3 is 0 Å². The van der Waals surface area contributed by atoms with Crippen LogP contribution in [0.4, 0.5) is 4.39 Å². The quantitative estimate of drug-likeness (QED) is 0.889. The summed E-state index contributed by atoms with van der Waals surface area (Å²) >= 11 is 0. The van der Waals surface area contributed by atoms with E-state index in [0.717, 1.165) is 6.07 Å². The lowest BCUT2D eigenvalue weighted by molar-refractivity contribution is 0.577. The van der Waals surface area contributed by atoms with Gasteiger partial charge in [-0.05, 0) is 37.6 Å². The van der Waals surface area contributed by atoms with E-state index >= 15 is 0 Å². The number of nitrogens with zero attached hydrogens (tertiary/aromatic N) is 1. The first kappa shape index (κ1) is 13.8. The molecule has 1 atom stereocenters. The van der Waals surface area contributed by atoms with Crippen LogP contribution < -0.4 is 5.73 Å². The smallest absolute Gasteiger partial charge is 0.124 e. The number of nitriles is 1. The fourth-order valence-electron chi connectivity index (χ4n) is 1.45. The van der Waals surface area contributed by atoms with Gasteiger partial charge in [0.05, 0.1) is 11.6 Å². The average molecular weight is 254 g/mol. The van der Waals surface area contributed by atoms with Gasteiger partial charge in [0.1, 0.15) is 5.82 Å². The van der Waals surface area contributed by atoms with Crippen molar-refractivity contribution in [2.45, 2.75) is 25.1 Å². The number of nitrogens with two attached hydrogens (primary N) is 1. The van der Waals surface area contributed by atoms with Gasteiger partial charge in [-0.1, -0.05) is 0 Å². The van der Waals surface area contributed by atoms with Crippen LogP contribution >= 0.6 is 0 Å². The first-order valence-electron chi connectivity index (χ1n) is 5.13. The summed E-state index contributed by atoms with van der Waals surface area (Å²) in [5, 5.41) is 8.69. The second-order valence-corrected chi connectivity index (χ2v) is 6.13. The zero-order valence-electron chi connectivity index (χ0n) is 9.87. The molecule has 0 fully saturated rings. The van der Waals surface area contributed by atoms with Crippen molar-refractivity contribution in [1.82, 2.24) is 0 Å². The molecule has 3 nitrogen and oxygen atoms in total. The summed E-state index contributed by atoms with van der Waals surface area (Å²) in [6.45, 7) is 3.58. The molecule has 0 aliphatic heterocycles. The van der Waals surface area contributed by atoms with Crippen LogP contribution in [0.3, 0.4) is 0 Å². The van der Waals surface area contributed by atoms with E-state index in [0.29, 0.717) is 11.3 Å². The molecule has 0 saturated carbocycles. The van der Waals surface area contributed by atoms with E-state index in [1.807, 2.05) is 6.07 Å². The molecular weight excluding hydrogens is 239 g/mol. The Balaban J connectivity index is 2.79. The number of benzene rings is 1. The molecule has 5 heteroatoms. The average Bonchev–Trinajstić information content (AvgIpc) is 2.13. The Labute approximate surface area is 103 Å². The highest BCUT2D eigenvalue weighted by Gasteiger charge is 2.15. The SMILES string of the molecule is CC(C)(N)CS(=O)Cc1cc(F)cc(C#N)c1. The van der Waals surface area contributed by atoms with Crippen LogP contribution in [0.2, 0.25) is 0 Å². The van der Waals surface area contributed by atoms with Crippen LogP contribution in [-0.2, 0) is 16.6 Å². The predicted octanol–water partition coefficient (Wildman–Crippen LogP) is 1.68. The lowest BCUT2D eigenvalue weighted by Gasteiger charge is -2.17. The lowest BCUT2D eigenvalue weighted by Crippen LogP contribution is -2.38. The molecule has 17 heavy (non-hydrogen) atoms. The van der Waals surface area contributed by atoms with Crippen molar-refractivity contribution in [2.75, 3.05) is 5.75 Å². The van der Waals surface area contributed by atoms with Gasteiger partial charge in [0.25, 0.3) is 0 Å². The summed E-state index contributed by atoms with van der Waals surface area (Å²) in [6.07, 6.45) is 0. The fraction of sp³-hybridized carbons (Fsp3) is 0.417. The summed E-state index contributed by atoms with van der Waals surface area (Å²) in [5.41, 5.74) is 6.04. The largest absolute Gasteiger partial charge is 0.325 e. The molecule has 2 N–H and O–H groups in total. The normalized spacial score (nSPS) is 13.1. The van der Waals surface area contributed by atoms with E-state index in [1.54, 1.807) is 19.9 Å².